The Balaban J connectivity index is 1.87. The zero-order valence-electron chi connectivity index (χ0n) is 28.8. The second-order valence-corrected chi connectivity index (χ2v) is 14.7. The van der Waals surface area contributed by atoms with Gasteiger partial charge in [-0.1, -0.05) is 137 Å². The lowest BCUT2D eigenvalue weighted by molar-refractivity contribution is -0.128. The van der Waals surface area contributed by atoms with Crippen molar-refractivity contribution in [2.75, 3.05) is 0 Å². The van der Waals surface area contributed by atoms with Crippen LogP contribution < -0.4 is 0 Å². The van der Waals surface area contributed by atoms with Gasteiger partial charge in [0.25, 0.3) is 0 Å². The van der Waals surface area contributed by atoms with Crippen LogP contribution in [0.15, 0.2) is 107 Å². The third-order valence-corrected chi connectivity index (χ3v) is 10.1. The Morgan fingerprint density at radius 1 is 0.477 bits per heavy atom. The molecule has 2 N–H and O–H groups in total. The lowest BCUT2D eigenvalue weighted by Crippen LogP contribution is -2.36. The molecule has 0 aromatic rings. The number of rotatable bonds is 12. The number of carbonyl (C=O) groups excluding carboxylic acids is 2. The van der Waals surface area contributed by atoms with Crippen LogP contribution in [0.5, 0.6) is 0 Å². The number of aliphatic hydroxyl groups is 2. The Bertz CT molecular complexity index is 1230. The Hall–Kier alpha value is -3.08. The number of allylic oxidation sites excluding steroid dienone is 18. The molecule has 2 aliphatic carbocycles. The second-order valence-electron chi connectivity index (χ2n) is 14.7. The van der Waals surface area contributed by atoms with E-state index in [2.05, 4.69) is 27.7 Å². The van der Waals surface area contributed by atoms with E-state index in [0.717, 1.165) is 22.3 Å². The fraction of sp³-hybridized carbons (Fsp3) is 0.500. The van der Waals surface area contributed by atoms with Crippen LogP contribution >= 0.6 is 0 Å². The smallest absolute Gasteiger partial charge is 0.162 e. The molecule has 0 saturated heterocycles. The van der Waals surface area contributed by atoms with Crippen molar-refractivity contribution in [1.82, 2.24) is 0 Å². The van der Waals surface area contributed by atoms with Crippen molar-refractivity contribution in [3.63, 3.8) is 0 Å². The molecule has 2 saturated carbocycles. The van der Waals surface area contributed by atoms with Crippen LogP contribution in [0, 0.1) is 21.7 Å². The first-order valence-corrected chi connectivity index (χ1v) is 15.9. The van der Waals surface area contributed by atoms with Gasteiger partial charge in [-0.2, -0.15) is 0 Å². The first kappa shape index (κ1) is 37.1. The van der Waals surface area contributed by atoms with Crippen LogP contribution in [0.3, 0.4) is 0 Å². The molecule has 0 aromatic heterocycles. The third-order valence-electron chi connectivity index (χ3n) is 10.1. The summed E-state index contributed by atoms with van der Waals surface area (Å²) >= 11 is 0. The number of aliphatic hydroxyl groups excluding tert-OH is 2. The van der Waals surface area contributed by atoms with Crippen LogP contribution in [0.25, 0.3) is 0 Å². The molecule has 0 radical (unpaired) electrons. The number of ketones is 2. The molecule has 0 amide bonds. The second kappa shape index (κ2) is 15.3. The van der Waals surface area contributed by atoms with Gasteiger partial charge in [0.05, 0.1) is 12.2 Å². The molecule has 0 aromatic carbocycles. The molecule has 240 valence electrons. The molecule has 0 spiro atoms. The zero-order chi connectivity index (χ0) is 33.3. The summed E-state index contributed by atoms with van der Waals surface area (Å²) in [5.74, 6) is 0.148. The highest BCUT2D eigenvalue weighted by molar-refractivity contribution is 5.96. The molecule has 4 atom stereocenters. The van der Waals surface area contributed by atoms with Crippen LogP contribution in [0.2, 0.25) is 0 Å². The summed E-state index contributed by atoms with van der Waals surface area (Å²) in [5.41, 5.74) is 2.65. The van der Waals surface area contributed by atoms with E-state index in [9.17, 15) is 19.8 Å². The molecule has 2 rings (SSSR count). The van der Waals surface area contributed by atoms with Gasteiger partial charge < -0.3 is 10.2 Å². The van der Waals surface area contributed by atoms with Gasteiger partial charge in [-0.25, -0.2) is 0 Å². The lowest BCUT2D eigenvalue weighted by atomic mass is 9.66. The minimum absolute atomic E-state index is 0.0742. The summed E-state index contributed by atoms with van der Waals surface area (Å²) in [5, 5.41) is 20.2. The molecule has 2 aliphatic rings. The van der Waals surface area contributed by atoms with Crippen LogP contribution in [-0.2, 0) is 9.59 Å². The third kappa shape index (κ3) is 9.71. The van der Waals surface area contributed by atoms with Gasteiger partial charge in [-0.3, -0.25) is 9.59 Å². The van der Waals surface area contributed by atoms with Gasteiger partial charge in [-0.05, 0) is 76.4 Å². The molecule has 0 heterocycles. The molecule has 0 aliphatic heterocycles. The largest absolute Gasteiger partial charge is 0.393 e. The predicted molar refractivity (Wildman–Crippen MR) is 185 cm³/mol. The van der Waals surface area contributed by atoms with Crippen molar-refractivity contribution < 1.29 is 19.8 Å². The molecule has 2 fully saturated rings. The lowest BCUT2D eigenvalue weighted by Gasteiger charge is -2.35. The molecular formula is C40H56O4. The number of hydrogen-bond acceptors (Lipinski definition) is 4. The highest BCUT2D eigenvalue weighted by Gasteiger charge is 2.53. The van der Waals surface area contributed by atoms with Gasteiger partial charge in [-0.15, -0.1) is 0 Å². The van der Waals surface area contributed by atoms with E-state index in [1.165, 1.54) is 0 Å². The van der Waals surface area contributed by atoms with Gasteiger partial charge in [0.2, 0.25) is 0 Å². The fourth-order valence-corrected chi connectivity index (χ4v) is 6.26. The van der Waals surface area contributed by atoms with Gasteiger partial charge in [0.15, 0.2) is 11.6 Å². The number of hydrogen-bond donors (Lipinski definition) is 2. The van der Waals surface area contributed by atoms with E-state index in [-0.39, 0.29) is 22.4 Å². The summed E-state index contributed by atoms with van der Waals surface area (Å²) in [6, 6.07) is 0. The predicted octanol–water partition coefficient (Wildman–Crippen LogP) is 9.07. The van der Waals surface area contributed by atoms with E-state index in [4.69, 9.17) is 0 Å². The highest BCUT2D eigenvalue weighted by Crippen LogP contribution is 2.54. The van der Waals surface area contributed by atoms with Crippen LogP contribution in [-0.4, -0.2) is 34.0 Å². The normalized spacial score (nSPS) is 30.3. The Morgan fingerprint density at radius 3 is 1.07 bits per heavy atom. The topological polar surface area (TPSA) is 74.6 Å². The van der Waals surface area contributed by atoms with Crippen LogP contribution in [0.1, 0.15) is 94.9 Å². The molecule has 4 heteroatoms. The van der Waals surface area contributed by atoms with Gasteiger partial charge in [0.1, 0.15) is 0 Å². The molecule has 0 unspecified atom stereocenters. The maximum absolute atomic E-state index is 12.9. The summed E-state index contributed by atoms with van der Waals surface area (Å²) < 4.78 is 0. The standard InChI is InChI=1S/C40H56O4/c1-29(17-13-19-31(3)21-23-35(43)39(9)27-33(41)25-37(39,5)6)15-11-12-16-30(2)18-14-20-32(4)22-24-36(44)40(10)28-34(42)26-38(40,7)8/h11-24,33-34,41-42H,25-28H2,1-10H3/t33-,34+,39-,40+. The average molecular weight is 601 g/mol. The Morgan fingerprint density at radius 2 is 0.773 bits per heavy atom. The van der Waals surface area contributed by atoms with Crippen molar-refractivity contribution in [3.8, 4) is 0 Å². The monoisotopic (exact) mass is 600 g/mol. The van der Waals surface area contributed by atoms with Crippen molar-refractivity contribution in [2.24, 2.45) is 21.7 Å². The quantitative estimate of drug-likeness (QED) is 0.173. The summed E-state index contributed by atoms with van der Waals surface area (Å²) in [6.07, 6.45) is 28.6. The molecule has 0 bridgehead atoms. The maximum atomic E-state index is 12.9. The van der Waals surface area contributed by atoms with Crippen LogP contribution in [0.4, 0.5) is 0 Å². The minimum Gasteiger partial charge on any atom is -0.393 e. The minimum atomic E-state index is -0.542. The maximum Gasteiger partial charge on any atom is 0.162 e. The van der Waals surface area contributed by atoms with Crippen molar-refractivity contribution >= 4 is 11.6 Å². The number of carbonyl (C=O) groups is 2. The van der Waals surface area contributed by atoms with E-state index >= 15 is 0 Å². The van der Waals surface area contributed by atoms with Gasteiger partial charge in [0, 0.05) is 10.8 Å². The summed E-state index contributed by atoms with van der Waals surface area (Å²) in [6.45, 7) is 20.2. The van der Waals surface area contributed by atoms with Gasteiger partial charge >= 0.3 is 0 Å². The highest BCUT2D eigenvalue weighted by atomic mass is 16.3. The molecule has 4 nitrogen and oxygen atoms in total. The molecular weight excluding hydrogens is 544 g/mol. The zero-order valence-corrected chi connectivity index (χ0v) is 28.8. The Labute approximate surface area is 267 Å². The first-order valence-electron chi connectivity index (χ1n) is 15.9. The Kier molecular flexibility index (Phi) is 12.9. The van der Waals surface area contributed by atoms with E-state index < -0.39 is 23.0 Å². The van der Waals surface area contributed by atoms with E-state index in [1.54, 1.807) is 12.2 Å². The average Bonchev–Trinajstić information content (AvgIpc) is 3.27. The van der Waals surface area contributed by atoms with Crippen molar-refractivity contribution in [3.05, 3.63) is 107 Å². The SMILES string of the molecule is CC(C=CC=C(C)C=CC(=O)[C@]1(C)C[C@@H](O)CC1(C)C)=CC=CC=C(C)C=CC=C(C)C=CC(=O)[C@@]1(C)C[C@H](O)CC1(C)C. The van der Waals surface area contributed by atoms with E-state index in [1.807, 2.05) is 114 Å². The summed E-state index contributed by atoms with van der Waals surface area (Å²) in [7, 11) is 0. The van der Waals surface area contributed by atoms with Crippen molar-refractivity contribution in [1.29, 1.82) is 0 Å². The first-order chi connectivity index (χ1) is 20.3. The molecule has 44 heavy (non-hydrogen) atoms. The fourth-order valence-electron chi connectivity index (χ4n) is 6.26. The summed E-state index contributed by atoms with van der Waals surface area (Å²) in [4.78, 5) is 25.9. The van der Waals surface area contributed by atoms with E-state index in [0.29, 0.717) is 25.7 Å². The van der Waals surface area contributed by atoms with Crippen molar-refractivity contribution in [2.45, 2.75) is 107 Å².